The number of hydrogen-bond donors (Lipinski definition) is 0. The van der Waals surface area contributed by atoms with Crippen LogP contribution in [0.2, 0.25) is 0 Å². The number of rotatable bonds is 0. The first-order chi connectivity index (χ1) is 4.23. The Hall–Kier alpha value is 0.154. The Morgan fingerprint density at radius 1 is 1.14 bits per heavy atom. The first-order valence-corrected chi connectivity index (χ1v) is 2.93. The van der Waals surface area contributed by atoms with Crippen LogP contribution in [0.5, 0.6) is 0 Å². The van der Waals surface area contributed by atoms with Crippen LogP contribution in [0.15, 0.2) is 18.2 Å². The maximum absolute atomic E-state index is 3.47. The Morgan fingerprint density at radius 3 is 1.57 bits per heavy atom. The van der Waals surface area contributed by atoms with E-state index in [-0.39, 0.29) is 51.4 Å². The second-order valence-electron chi connectivity index (χ2n) is 2.08. The van der Waals surface area contributed by atoms with Crippen LogP contribution in [0, 0.1) is 42.8 Å². The fourth-order valence-electron chi connectivity index (χ4n) is 0.340. The molecule has 0 aromatic heterocycles. The molecule has 0 unspecified atom stereocenters. The molecule has 1 rings (SSSR count). The number of nitrogens with zero attached hydrogens (tertiary/aromatic N) is 1. The van der Waals surface area contributed by atoms with Crippen molar-refractivity contribution < 1.29 is 21.7 Å². The number of hydrogen-bond acceptors (Lipinski definition) is 1. The average molecular weight is 231 g/mol. The number of allylic oxidation sites excluding steroid dienone is 4. The van der Waals surface area contributed by atoms with E-state index < -0.39 is 0 Å². The summed E-state index contributed by atoms with van der Waals surface area (Å²) in [4.78, 5) is 1.75. The summed E-state index contributed by atoms with van der Waals surface area (Å²) in [7, 11) is 7.25. The van der Waals surface area contributed by atoms with E-state index in [2.05, 4.69) is 19.2 Å². The third kappa shape index (κ3) is 56.9. The van der Waals surface area contributed by atoms with Gasteiger partial charge < -0.3 is 34.6 Å². The van der Waals surface area contributed by atoms with E-state index >= 15 is 0 Å². The molecule has 1 nitrogen and oxygen atoms in total. The van der Waals surface area contributed by atoms with Crippen molar-refractivity contribution in [2.75, 3.05) is 14.1 Å². The zero-order chi connectivity index (χ0) is 7.11. The Bertz CT molecular complexity index is 94.1. The van der Waals surface area contributed by atoms with Gasteiger partial charge in [0.05, 0.1) is 0 Å². The molecular weight excluding hydrogens is 206 g/mol. The smallest absolute Gasteiger partial charge is 0 e. The molecule has 1 aliphatic carbocycles. The Balaban J connectivity index is -0.0000000171. The monoisotopic (exact) mass is 231 g/mol. The summed E-state index contributed by atoms with van der Waals surface area (Å²) in [5, 5.41) is 0. The van der Waals surface area contributed by atoms with Crippen molar-refractivity contribution in [3.8, 4) is 0 Å². The molecular formula is C12H25NTi-6. The van der Waals surface area contributed by atoms with Crippen molar-refractivity contribution in [3.63, 3.8) is 0 Å². The van der Waals surface area contributed by atoms with Crippen molar-refractivity contribution in [2.45, 2.75) is 6.42 Å². The molecule has 0 aliphatic heterocycles. The largest absolute Gasteiger partial charge is 0.464 e. The molecule has 14 heavy (non-hydrogen) atoms. The van der Waals surface area contributed by atoms with E-state index in [4.69, 9.17) is 0 Å². The van der Waals surface area contributed by atoms with Gasteiger partial charge in [-0.3, -0.25) is 13.1 Å². The van der Waals surface area contributed by atoms with Gasteiger partial charge in [0.2, 0.25) is 0 Å². The standard InChI is InChI=1S/C5H5.C3H8N.4CH3.Ti/c1-2-4-5-3-1;1-4(2)3;;;;;/h1-3H,4H2;1H2,2-3H3;4*1H3;/q6*-1;. The van der Waals surface area contributed by atoms with Crippen molar-refractivity contribution in [1.82, 2.24) is 4.90 Å². The van der Waals surface area contributed by atoms with Gasteiger partial charge in [-0.25, -0.2) is 12.2 Å². The minimum absolute atomic E-state index is 0. The summed E-state index contributed by atoms with van der Waals surface area (Å²) < 4.78 is 0. The van der Waals surface area contributed by atoms with Gasteiger partial charge in [-0.05, 0) is 14.1 Å². The van der Waals surface area contributed by atoms with E-state index in [1.165, 1.54) is 0 Å². The van der Waals surface area contributed by atoms with E-state index in [0.717, 1.165) is 6.42 Å². The zero-order valence-corrected chi connectivity index (χ0v) is 12.2. The molecule has 2 heteroatoms. The Labute approximate surface area is 108 Å². The van der Waals surface area contributed by atoms with Crippen molar-refractivity contribution in [3.05, 3.63) is 61.1 Å². The molecule has 0 atom stereocenters. The molecule has 0 fully saturated rings. The minimum Gasteiger partial charge on any atom is -0.464 e. The van der Waals surface area contributed by atoms with Crippen molar-refractivity contribution in [1.29, 1.82) is 0 Å². The molecule has 0 heterocycles. The summed E-state index contributed by atoms with van der Waals surface area (Å²) in [6, 6.07) is 0. The van der Waals surface area contributed by atoms with Crippen molar-refractivity contribution >= 4 is 0 Å². The average Bonchev–Trinajstić information content (AvgIpc) is 2.11. The third-order valence-electron chi connectivity index (χ3n) is 0.586. The second-order valence-corrected chi connectivity index (χ2v) is 2.08. The van der Waals surface area contributed by atoms with Crippen LogP contribution in [0.25, 0.3) is 0 Å². The Morgan fingerprint density at radius 2 is 1.50 bits per heavy atom. The van der Waals surface area contributed by atoms with E-state index in [9.17, 15) is 0 Å². The quantitative estimate of drug-likeness (QED) is 0.456. The summed E-state index contributed by atoms with van der Waals surface area (Å²) in [5.41, 5.74) is 0. The van der Waals surface area contributed by atoms with Gasteiger partial charge in [-0.1, -0.05) is 0 Å². The van der Waals surface area contributed by atoms with Gasteiger partial charge in [-0.2, -0.15) is 6.08 Å². The molecule has 0 N–H and O–H groups in total. The maximum atomic E-state index is 3.47. The van der Waals surface area contributed by atoms with Crippen LogP contribution in [0.4, 0.5) is 0 Å². The van der Waals surface area contributed by atoms with E-state index in [1.54, 1.807) is 4.90 Å². The molecule has 0 radical (unpaired) electrons. The minimum atomic E-state index is 0. The predicted molar refractivity (Wildman–Crippen MR) is 66.3 cm³/mol. The van der Waals surface area contributed by atoms with Crippen LogP contribution >= 0.6 is 0 Å². The molecule has 0 saturated carbocycles. The molecule has 0 bridgehead atoms. The van der Waals surface area contributed by atoms with Crippen LogP contribution in [-0.2, 0) is 21.7 Å². The summed E-state index contributed by atoms with van der Waals surface area (Å²) in [6.07, 6.45) is 10.0. The van der Waals surface area contributed by atoms with Gasteiger partial charge in [0.1, 0.15) is 0 Å². The van der Waals surface area contributed by atoms with Gasteiger partial charge >= 0.3 is 0 Å². The molecule has 0 aromatic rings. The van der Waals surface area contributed by atoms with Gasteiger partial charge in [0.15, 0.2) is 0 Å². The molecule has 88 valence electrons. The van der Waals surface area contributed by atoms with Crippen LogP contribution in [-0.4, -0.2) is 19.0 Å². The summed E-state index contributed by atoms with van der Waals surface area (Å²) in [5.74, 6) is 0. The zero-order valence-electron chi connectivity index (χ0n) is 10.6. The van der Waals surface area contributed by atoms with Crippen LogP contribution in [0.1, 0.15) is 6.42 Å². The van der Waals surface area contributed by atoms with Crippen LogP contribution < -0.4 is 0 Å². The van der Waals surface area contributed by atoms with Crippen LogP contribution in [0.3, 0.4) is 0 Å². The summed E-state index contributed by atoms with van der Waals surface area (Å²) in [6.45, 7) is 0. The first-order valence-electron chi connectivity index (χ1n) is 2.93. The molecule has 0 saturated heterocycles. The first kappa shape index (κ1) is 36.8. The summed E-state index contributed by atoms with van der Waals surface area (Å²) >= 11 is 0. The predicted octanol–water partition coefficient (Wildman–Crippen LogP) is 3.44. The van der Waals surface area contributed by atoms with Gasteiger partial charge in [-0.15, -0.1) is 6.42 Å². The molecule has 0 aromatic carbocycles. The third-order valence-corrected chi connectivity index (χ3v) is 0.586. The van der Waals surface area contributed by atoms with Gasteiger partial charge in [0, 0.05) is 21.7 Å². The molecule has 0 amide bonds. The maximum Gasteiger partial charge on any atom is 0 e. The second kappa shape index (κ2) is 29.2. The Kier molecular flexibility index (Phi) is 76.9. The topological polar surface area (TPSA) is 3.24 Å². The van der Waals surface area contributed by atoms with E-state index in [1.807, 2.05) is 26.2 Å². The van der Waals surface area contributed by atoms with E-state index in [0.29, 0.717) is 0 Å². The van der Waals surface area contributed by atoms with Crippen molar-refractivity contribution in [2.24, 2.45) is 0 Å². The normalized spacial score (nSPS) is 8.86. The molecule has 1 aliphatic rings. The van der Waals surface area contributed by atoms with Gasteiger partial charge in [0.25, 0.3) is 0 Å². The molecule has 0 spiro atoms. The SMILES string of the molecule is [C-]1=CC=CC1.[CH2-]N(C)C.[CH3-].[CH3-].[CH3-].[CH3-].[Ti]. The fourth-order valence-corrected chi connectivity index (χ4v) is 0.340. The fraction of sp³-hybridized carbons (Fsp3) is 0.250.